The number of nitrogens with one attached hydrogen (secondary N) is 1. The van der Waals surface area contributed by atoms with Gasteiger partial charge in [-0.05, 0) is 25.1 Å². The van der Waals surface area contributed by atoms with E-state index in [1.807, 2.05) is 12.1 Å². The van der Waals surface area contributed by atoms with Gasteiger partial charge in [0.2, 0.25) is 5.89 Å². The Morgan fingerprint density at radius 3 is 2.64 bits per heavy atom. The van der Waals surface area contributed by atoms with Gasteiger partial charge >= 0.3 is 0 Å². The smallest absolute Gasteiger partial charge is 0.256 e. The predicted molar refractivity (Wildman–Crippen MR) is 108 cm³/mol. The van der Waals surface area contributed by atoms with Crippen LogP contribution in [0, 0.1) is 6.92 Å². The van der Waals surface area contributed by atoms with Crippen molar-refractivity contribution >= 4 is 35.0 Å². The molecule has 3 rings (SSSR count). The van der Waals surface area contributed by atoms with Crippen molar-refractivity contribution in [3.8, 4) is 11.5 Å². The van der Waals surface area contributed by atoms with E-state index in [0.717, 1.165) is 4.90 Å². The van der Waals surface area contributed by atoms with Gasteiger partial charge < -0.3 is 19.3 Å². The Labute approximate surface area is 171 Å². The van der Waals surface area contributed by atoms with Crippen molar-refractivity contribution in [2.45, 2.75) is 17.6 Å². The normalized spacial score (nSPS) is 10.6. The molecule has 0 aliphatic carbocycles. The molecule has 7 nitrogen and oxygen atoms in total. The molecule has 3 aromatic rings. The van der Waals surface area contributed by atoms with Gasteiger partial charge in [-0.1, -0.05) is 28.9 Å². The maximum atomic E-state index is 12.9. The highest BCUT2D eigenvalue weighted by molar-refractivity contribution is 7.98. The van der Waals surface area contributed by atoms with Gasteiger partial charge in [0, 0.05) is 11.0 Å². The Balaban J connectivity index is 1.80. The van der Waals surface area contributed by atoms with E-state index in [2.05, 4.69) is 15.5 Å². The third-order valence-electron chi connectivity index (χ3n) is 3.77. The molecule has 0 fully saturated rings. The van der Waals surface area contributed by atoms with Crippen LogP contribution in [-0.4, -0.2) is 30.3 Å². The van der Waals surface area contributed by atoms with Gasteiger partial charge in [0.05, 0.1) is 36.2 Å². The van der Waals surface area contributed by atoms with E-state index >= 15 is 0 Å². The molecule has 0 aliphatic heterocycles. The van der Waals surface area contributed by atoms with Crippen LogP contribution in [0.2, 0.25) is 5.02 Å². The molecule has 0 saturated carbocycles. The molecular formula is C19H18ClN3O4S. The number of carbonyl (C=O) groups is 1. The molecule has 1 heterocycles. The van der Waals surface area contributed by atoms with Crippen LogP contribution < -0.4 is 14.8 Å². The summed E-state index contributed by atoms with van der Waals surface area (Å²) in [5.74, 6) is 2.15. The number of hydrogen-bond acceptors (Lipinski definition) is 7. The fraction of sp³-hybridized carbons (Fsp3) is 0.211. The molecule has 28 heavy (non-hydrogen) atoms. The lowest BCUT2D eigenvalue weighted by molar-refractivity contribution is 0.102. The summed E-state index contributed by atoms with van der Waals surface area (Å²) >= 11 is 7.62. The summed E-state index contributed by atoms with van der Waals surface area (Å²) in [6, 6.07) is 10.5. The quantitative estimate of drug-likeness (QED) is 0.560. The van der Waals surface area contributed by atoms with E-state index in [4.69, 9.17) is 25.6 Å². The van der Waals surface area contributed by atoms with Gasteiger partial charge in [0.1, 0.15) is 11.5 Å². The maximum Gasteiger partial charge on any atom is 0.256 e. The van der Waals surface area contributed by atoms with E-state index < -0.39 is 0 Å². The number of nitrogens with zero attached hydrogens (tertiary/aromatic N) is 2. The molecule has 1 amide bonds. The van der Waals surface area contributed by atoms with Crippen LogP contribution in [0.15, 0.2) is 45.8 Å². The number of ether oxygens (including phenoxy) is 2. The number of hydrogen-bond donors (Lipinski definition) is 1. The molecule has 146 valence electrons. The van der Waals surface area contributed by atoms with E-state index in [1.54, 1.807) is 31.2 Å². The van der Waals surface area contributed by atoms with Crippen LogP contribution >= 0.6 is 23.4 Å². The average molecular weight is 420 g/mol. The number of halogens is 1. The largest absolute Gasteiger partial charge is 0.495 e. The van der Waals surface area contributed by atoms with Gasteiger partial charge in [-0.3, -0.25) is 4.79 Å². The molecule has 0 unspecified atom stereocenters. The minimum absolute atomic E-state index is 0.288. The van der Waals surface area contributed by atoms with Crippen LogP contribution in [0.1, 0.15) is 22.1 Å². The molecule has 1 N–H and O–H groups in total. The summed E-state index contributed by atoms with van der Waals surface area (Å²) in [5, 5.41) is 6.98. The van der Waals surface area contributed by atoms with Crippen molar-refractivity contribution < 1.29 is 18.8 Å². The second kappa shape index (κ2) is 8.99. The van der Waals surface area contributed by atoms with Crippen molar-refractivity contribution in [2.24, 2.45) is 0 Å². The standard InChI is InChI=1S/C19H18ClN3O4S/c1-11-21-18(27-23-11)10-28-17-7-5-4-6-12(17)19(24)22-14-8-13(20)15(25-2)9-16(14)26-3/h4-9H,10H2,1-3H3,(H,22,24). The molecule has 0 saturated heterocycles. The highest BCUT2D eigenvalue weighted by Gasteiger charge is 2.17. The lowest BCUT2D eigenvalue weighted by Crippen LogP contribution is -2.14. The van der Waals surface area contributed by atoms with Gasteiger partial charge in [-0.2, -0.15) is 4.98 Å². The Morgan fingerprint density at radius 2 is 1.96 bits per heavy atom. The first-order valence-corrected chi connectivity index (χ1v) is 9.62. The number of aromatic nitrogens is 2. The van der Waals surface area contributed by atoms with Crippen molar-refractivity contribution in [3.63, 3.8) is 0 Å². The third kappa shape index (κ3) is 4.58. The second-order valence-electron chi connectivity index (χ2n) is 5.66. The van der Waals surface area contributed by atoms with Crippen LogP contribution in [0.5, 0.6) is 11.5 Å². The monoisotopic (exact) mass is 419 g/mol. The number of benzene rings is 2. The van der Waals surface area contributed by atoms with Gasteiger partial charge in [0.15, 0.2) is 5.82 Å². The van der Waals surface area contributed by atoms with E-state index in [0.29, 0.717) is 45.2 Å². The number of aryl methyl sites for hydroxylation is 1. The van der Waals surface area contributed by atoms with E-state index in [9.17, 15) is 4.79 Å². The highest BCUT2D eigenvalue weighted by Crippen LogP contribution is 2.36. The molecule has 0 aliphatic rings. The molecule has 9 heteroatoms. The molecule has 0 atom stereocenters. The molecule has 2 aromatic carbocycles. The fourth-order valence-electron chi connectivity index (χ4n) is 2.47. The maximum absolute atomic E-state index is 12.9. The minimum Gasteiger partial charge on any atom is -0.495 e. The summed E-state index contributed by atoms with van der Waals surface area (Å²) in [6.45, 7) is 1.76. The van der Waals surface area contributed by atoms with E-state index in [-0.39, 0.29) is 5.91 Å². The molecule has 0 bridgehead atoms. The first kappa shape index (κ1) is 20.0. The molecule has 0 spiro atoms. The summed E-state index contributed by atoms with van der Waals surface area (Å²) in [4.78, 5) is 17.8. The predicted octanol–water partition coefficient (Wildman–Crippen LogP) is 4.59. The first-order valence-electron chi connectivity index (χ1n) is 8.25. The number of rotatable bonds is 7. The van der Waals surface area contributed by atoms with Crippen molar-refractivity contribution in [2.75, 3.05) is 19.5 Å². The lowest BCUT2D eigenvalue weighted by Gasteiger charge is -2.14. The van der Waals surface area contributed by atoms with E-state index in [1.165, 1.54) is 26.0 Å². The van der Waals surface area contributed by atoms with Crippen molar-refractivity contribution in [3.05, 3.63) is 58.7 Å². The fourth-order valence-corrected chi connectivity index (χ4v) is 3.59. The summed E-state index contributed by atoms with van der Waals surface area (Å²) < 4.78 is 15.6. The molecule has 0 radical (unpaired) electrons. The van der Waals surface area contributed by atoms with Crippen LogP contribution in [0.4, 0.5) is 5.69 Å². The Hall–Kier alpha value is -2.71. The minimum atomic E-state index is -0.288. The second-order valence-corrected chi connectivity index (χ2v) is 7.09. The highest BCUT2D eigenvalue weighted by atomic mass is 35.5. The van der Waals surface area contributed by atoms with Crippen LogP contribution in [-0.2, 0) is 5.75 Å². The van der Waals surface area contributed by atoms with Crippen molar-refractivity contribution in [1.29, 1.82) is 0 Å². The van der Waals surface area contributed by atoms with Gasteiger partial charge in [0.25, 0.3) is 5.91 Å². The third-order valence-corrected chi connectivity index (χ3v) is 5.13. The van der Waals surface area contributed by atoms with Gasteiger partial charge in [-0.25, -0.2) is 0 Å². The Kier molecular flexibility index (Phi) is 6.43. The van der Waals surface area contributed by atoms with Crippen molar-refractivity contribution in [1.82, 2.24) is 10.1 Å². The topological polar surface area (TPSA) is 86.5 Å². The average Bonchev–Trinajstić information content (AvgIpc) is 3.12. The first-order chi connectivity index (χ1) is 13.5. The molecular weight excluding hydrogens is 402 g/mol. The lowest BCUT2D eigenvalue weighted by atomic mass is 10.2. The number of amides is 1. The zero-order chi connectivity index (χ0) is 20.1. The molecule has 1 aromatic heterocycles. The zero-order valence-corrected chi connectivity index (χ0v) is 17.1. The zero-order valence-electron chi connectivity index (χ0n) is 15.5. The number of thioether (sulfide) groups is 1. The van der Waals surface area contributed by atoms with Crippen LogP contribution in [0.25, 0.3) is 0 Å². The summed E-state index contributed by atoms with van der Waals surface area (Å²) in [7, 11) is 3.02. The van der Waals surface area contributed by atoms with Gasteiger partial charge in [-0.15, -0.1) is 11.8 Å². The number of carbonyl (C=O) groups excluding carboxylic acids is 1. The van der Waals surface area contributed by atoms with Crippen LogP contribution in [0.3, 0.4) is 0 Å². The summed E-state index contributed by atoms with van der Waals surface area (Å²) in [5.41, 5.74) is 0.961. The summed E-state index contributed by atoms with van der Waals surface area (Å²) in [6.07, 6.45) is 0. The Morgan fingerprint density at radius 1 is 1.21 bits per heavy atom. The number of methoxy groups -OCH3 is 2. The number of anilines is 1. The Bertz CT molecular complexity index is 993. The SMILES string of the molecule is COc1cc(OC)c(NC(=O)c2ccccc2SCc2nc(C)no2)cc1Cl.